The molecular weight excluding hydrogens is 247 g/mol. The molecule has 19 heavy (non-hydrogen) atoms. The summed E-state index contributed by atoms with van der Waals surface area (Å²) in [5.41, 5.74) is 4.57. The van der Waals surface area contributed by atoms with Crippen molar-refractivity contribution in [1.82, 2.24) is 15.4 Å². The normalized spacial score (nSPS) is 12.2. The van der Waals surface area contributed by atoms with E-state index in [4.69, 9.17) is 10.6 Å². The van der Waals surface area contributed by atoms with Crippen molar-refractivity contribution in [2.45, 2.75) is 13.0 Å². The fourth-order valence-electron chi connectivity index (χ4n) is 1.82. The second-order valence-corrected chi connectivity index (χ2v) is 4.07. The molecule has 0 radical (unpaired) electrons. The van der Waals surface area contributed by atoms with Crippen molar-refractivity contribution >= 4 is 0 Å². The number of aryl methyl sites for hydroxylation is 1. The van der Waals surface area contributed by atoms with Gasteiger partial charge in [0.2, 0.25) is 0 Å². The predicted molar refractivity (Wildman–Crippen MR) is 68.9 cm³/mol. The van der Waals surface area contributed by atoms with Gasteiger partial charge in [-0.1, -0.05) is 0 Å². The average molecular weight is 262 g/mol. The van der Waals surface area contributed by atoms with Crippen LogP contribution in [0.4, 0.5) is 4.39 Å². The Hall–Kier alpha value is -2.05. The first kappa shape index (κ1) is 13.4. The number of benzene rings is 1. The fraction of sp³-hybridized carbons (Fsp3) is 0.231. The van der Waals surface area contributed by atoms with E-state index in [1.165, 1.54) is 19.2 Å². The molecule has 3 N–H and O–H groups in total. The van der Waals surface area contributed by atoms with Gasteiger partial charge in [0, 0.05) is 11.8 Å². The van der Waals surface area contributed by atoms with E-state index in [1.54, 1.807) is 18.5 Å². The molecule has 2 rings (SSSR count). The molecule has 0 bridgehead atoms. The highest BCUT2D eigenvalue weighted by molar-refractivity contribution is 5.40. The highest BCUT2D eigenvalue weighted by Crippen LogP contribution is 2.29. The van der Waals surface area contributed by atoms with E-state index in [0.717, 1.165) is 5.69 Å². The Morgan fingerprint density at radius 1 is 1.32 bits per heavy atom. The first-order chi connectivity index (χ1) is 9.15. The zero-order valence-corrected chi connectivity index (χ0v) is 10.7. The van der Waals surface area contributed by atoms with Gasteiger partial charge in [-0.05, 0) is 25.1 Å². The smallest absolute Gasteiger partial charge is 0.124 e. The summed E-state index contributed by atoms with van der Waals surface area (Å²) in [7, 11) is 1.52. The number of halogens is 1. The zero-order chi connectivity index (χ0) is 13.8. The van der Waals surface area contributed by atoms with Crippen LogP contribution < -0.4 is 16.0 Å². The quantitative estimate of drug-likeness (QED) is 0.645. The van der Waals surface area contributed by atoms with Crippen molar-refractivity contribution < 1.29 is 9.13 Å². The molecule has 1 unspecified atom stereocenters. The first-order valence-electron chi connectivity index (χ1n) is 5.74. The van der Waals surface area contributed by atoms with Crippen LogP contribution >= 0.6 is 0 Å². The molecule has 0 spiro atoms. The van der Waals surface area contributed by atoms with E-state index >= 15 is 0 Å². The Bertz CT molecular complexity index is 559. The number of ether oxygens (including phenoxy) is 1. The number of nitrogens with one attached hydrogen (secondary N) is 1. The van der Waals surface area contributed by atoms with Crippen LogP contribution in [-0.2, 0) is 0 Å². The number of aromatic nitrogens is 2. The Morgan fingerprint density at radius 2 is 2.11 bits per heavy atom. The van der Waals surface area contributed by atoms with Gasteiger partial charge in [-0.2, -0.15) is 0 Å². The lowest BCUT2D eigenvalue weighted by molar-refractivity contribution is 0.402. The second-order valence-electron chi connectivity index (χ2n) is 4.07. The van der Waals surface area contributed by atoms with Crippen molar-refractivity contribution in [3.05, 3.63) is 53.4 Å². The predicted octanol–water partition coefficient (Wildman–Crippen LogP) is 1.49. The van der Waals surface area contributed by atoms with Crippen molar-refractivity contribution in [3.63, 3.8) is 0 Å². The molecule has 1 atom stereocenters. The molecule has 6 heteroatoms. The Labute approximate surface area is 110 Å². The zero-order valence-electron chi connectivity index (χ0n) is 10.7. The van der Waals surface area contributed by atoms with Crippen molar-refractivity contribution in [3.8, 4) is 5.75 Å². The van der Waals surface area contributed by atoms with Crippen LogP contribution in [0.25, 0.3) is 0 Å². The van der Waals surface area contributed by atoms with E-state index in [-0.39, 0.29) is 5.82 Å². The SMILES string of the molecule is COc1ccc(F)cc1C(NN)c1cnc(C)cn1. The van der Waals surface area contributed by atoms with Gasteiger partial charge in [-0.15, -0.1) is 0 Å². The first-order valence-corrected chi connectivity index (χ1v) is 5.74. The summed E-state index contributed by atoms with van der Waals surface area (Å²) < 4.78 is 18.6. The minimum absolute atomic E-state index is 0.365. The lowest BCUT2D eigenvalue weighted by Gasteiger charge is -2.18. The van der Waals surface area contributed by atoms with Crippen LogP contribution in [0.2, 0.25) is 0 Å². The third kappa shape index (κ3) is 2.86. The van der Waals surface area contributed by atoms with Gasteiger partial charge >= 0.3 is 0 Å². The molecular formula is C13H15FN4O. The van der Waals surface area contributed by atoms with Crippen LogP contribution in [0, 0.1) is 12.7 Å². The maximum absolute atomic E-state index is 13.4. The number of hydrogen-bond acceptors (Lipinski definition) is 5. The monoisotopic (exact) mass is 262 g/mol. The summed E-state index contributed by atoms with van der Waals surface area (Å²) in [6.45, 7) is 1.84. The molecule has 5 nitrogen and oxygen atoms in total. The van der Waals surface area contributed by atoms with Crippen molar-refractivity contribution in [2.75, 3.05) is 7.11 Å². The van der Waals surface area contributed by atoms with E-state index in [1.807, 2.05) is 6.92 Å². The van der Waals surface area contributed by atoms with Gasteiger partial charge in [-0.3, -0.25) is 15.8 Å². The minimum Gasteiger partial charge on any atom is -0.496 e. The molecule has 0 amide bonds. The van der Waals surface area contributed by atoms with E-state index < -0.39 is 6.04 Å². The van der Waals surface area contributed by atoms with Crippen molar-refractivity contribution in [2.24, 2.45) is 5.84 Å². The Kier molecular flexibility index (Phi) is 4.03. The summed E-state index contributed by atoms with van der Waals surface area (Å²) in [6, 6.07) is 3.76. The number of methoxy groups -OCH3 is 1. The summed E-state index contributed by atoms with van der Waals surface area (Å²) >= 11 is 0. The minimum atomic E-state index is -0.487. The molecule has 0 aliphatic rings. The van der Waals surface area contributed by atoms with Gasteiger partial charge < -0.3 is 4.74 Å². The van der Waals surface area contributed by atoms with E-state index in [9.17, 15) is 4.39 Å². The molecule has 0 saturated carbocycles. The number of hydrazine groups is 1. The maximum Gasteiger partial charge on any atom is 0.124 e. The van der Waals surface area contributed by atoms with E-state index in [0.29, 0.717) is 17.0 Å². The third-order valence-corrected chi connectivity index (χ3v) is 2.77. The number of rotatable bonds is 4. The molecule has 0 aliphatic carbocycles. The van der Waals surface area contributed by atoms with E-state index in [2.05, 4.69) is 15.4 Å². The molecule has 0 fully saturated rings. The van der Waals surface area contributed by atoms with Gasteiger partial charge in [0.05, 0.1) is 30.7 Å². The number of hydrogen-bond donors (Lipinski definition) is 2. The highest BCUT2D eigenvalue weighted by atomic mass is 19.1. The molecule has 2 aromatic rings. The maximum atomic E-state index is 13.4. The molecule has 1 aromatic carbocycles. The molecule has 0 saturated heterocycles. The Balaban J connectivity index is 2.47. The second kappa shape index (κ2) is 5.73. The lowest BCUT2D eigenvalue weighted by Crippen LogP contribution is -2.30. The largest absolute Gasteiger partial charge is 0.496 e. The van der Waals surface area contributed by atoms with Crippen LogP contribution in [0.3, 0.4) is 0 Å². The standard InChI is InChI=1S/C13H15FN4O/c1-8-6-17-11(7-16-8)13(18-15)10-5-9(14)3-4-12(10)19-2/h3-7,13,18H,15H2,1-2H3. The Morgan fingerprint density at radius 3 is 2.68 bits per heavy atom. The summed E-state index contributed by atoms with van der Waals surface area (Å²) in [5.74, 6) is 5.72. The highest BCUT2D eigenvalue weighted by Gasteiger charge is 2.19. The number of nitrogens with zero attached hydrogens (tertiary/aromatic N) is 2. The van der Waals surface area contributed by atoms with Gasteiger partial charge in [0.15, 0.2) is 0 Å². The topological polar surface area (TPSA) is 73.1 Å². The number of nitrogens with two attached hydrogens (primary N) is 1. The van der Waals surface area contributed by atoms with Crippen LogP contribution in [0.15, 0.2) is 30.6 Å². The average Bonchev–Trinajstić information content (AvgIpc) is 2.42. The third-order valence-electron chi connectivity index (χ3n) is 2.77. The van der Waals surface area contributed by atoms with Crippen LogP contribution in [-0.4, -0.2) is 17.1 Å². The van der Waals surface area contributed by atoms with Crippen LogP contribution in [0.1, 0.15) is 23.0 Å². The van der Waals surface area contributed by atoms with Gasteiger partial charge in [0.1, 0.15) is 11.6 Å². The molecule has 0 aliphatic heterocycles. The molecule has 100 valence electrons. The van der Waals surface area contributed by atoms with Crippen LogP contribution in [0.5, 0.6) is 5.75 Å². The lowest BCUT2D eigenvalue weighted by atomic mass is 10.0. The molecule has 1 aromatic heterocycles. The molecule has 1 heterocycles. The van der Waals surface area contributed by atoms with Gasteiger partial charge in [-0.25, -0.2) is 9.82 Å². The fourth-order valence-corrected chi connectivity index (χ4v) is 1.82. The van der Waals surface area contributed by atoms with Crippen molar-refractivity contribution in [1.29, 1.82) is 0 Å². The summed E-state index contributed by atoms with van der Waals surface area (Å²) in [5, 5.41) is 0. The summed E-state index contributed by atoms with van der Waals surface area (Å²) in [4.78, 5) is 8.41. The van der Waals surface area contributed by atoms with Gasteiger partial charge in [0.25, 0.3) is 0 Å². The summed E-state index contributed by atoms with van der Waals surface area (Å²) in [6.07, 6.45) is 3.23.